The molecule has 0 spiro atoms. The molecule has 3 nitrogen and oxygen atoms in total. The van der Waals surface area contributed by atoms with Gasteiger partial charge in [0.2, 0.25) is 0 Å². The van der Waals surface area contributed by atoms with Crippen molar-refractivity contribution >= 4 is 5.97 Å². The van der Waals surface area contributed by atoms with Gasteiger partial charge < -0.3 is 9.84 Å². The lowest BCUT2D eigenvalue weighted by molar-refractivity contribution is 0.0598. The van der Waals surface area contributed by atoms with Crippen LogP contribution in [0.2, 0.25) is 0 Å². The van der Waals surface area contributed by atoms with Gasteiger partial charge in [-0.3, -0.25) is 0 Å². The molecule has 0 aliphatic rings. The second-order valence-electron chi connectivity index (χ2n) is 3.86. The van der Waals surface area contributed by atoms with Gasteiger partial charge in [0.05, 0.1) is 19.3 Å². The molecule has 0 aromatic heterocycles. The maximum absolute atomic E-state index is 11.9. The molecule has 0 bridgehead atoms. The van der Waals surface area contributed by atoms with Gasteiger partial charge in [-0.25, -0.2) is 4.79 Å². The first kappa shape index (κ1) is 12.3. The van der Waals surface area contributed by atoms with E-state index in [2.05, 4.69) is 0 Å². The summed E-state index contributed by atoms with van der Waals surface area (Å²) in [7, 11) is 1.34. The second kappa shape index (κ2) is 5.47. The highest BCUT2D eigenvalue weighted by Gasteiger charge is 2.17. The summed E-state index contributed by atoms with van der Waals surface area (Å²) in [5.41, 5.74) is 2.69. The van der Waals surface area contributed by atoms with E-state index in [-0.39, 0.29) is 6.61 Å². The Balaban J connectivity index is 2.64. The fraction of sp³-hybridized carbons (Fsp3) is 0.133. The molecule has 2 rings (SSSR count). The van der Waals surface area contributed by atoms with Crippen molar-refractivity contribution in [3.8, 4) is 11.1 Å². The van der Waals surface area contributed by atoms with E-state index in [9.17, 15) is 9.90 Å². The SMILES string of the molecule is COC(=O)c1c(CO)cccc1-c1ccccc1. The number of carbonyl (C=O) groups excluding carboxylic acids is 1. The zero-order valence-corrected chi connectivity index (χ0v) is 10.1. The minimum Gasteiger partial charge on any atom is -0.465 e. The van der Waals surface area contributed by atoms with Crippen molar-refractivity contribution < 1.29 is 14.6 Å². The van der Waals surface area contributed by atoms with Gasteiger partial charge in [-0.1, -0.05) is 48.5 Å². The number of carbonyl (C=O) groups is 1. The summed E-state index contributed by atoms with van der Waals surface area (Å²) in [4.78, 5) is 11.9. The Labute approximate surface area is 106 Å². The van der Waals surface area contributed by atoms with E-state index < -0.39 is 5.97 Å². The van der Waals surface area contributed by atoms with E-state index in [1.165, 1.54) is 7.11 Å². The second-order valence-corrected chi connectivity index (χ2v) is 3.86. The molecule has 92 valence electrons. The lowest BCUT2D eigenvalue weighted by Crippen LogP contribution is -2.08. The number of methoxy groups -OCH3 is 1. The molecule has 0 heterocycles. The monoisotopic (exact) mass is 242 g/mol. The van der Waals surface area contributed by atoms with Crippen LogP contribution in [0.15, 0.2) is 48.5 Å². The standard InChI is InChI=1S/C15H14O3/c1-18-15(17)14-12(10-16)8-5-9-13(14)11-6-3-2-4-7-11/h2-9,16H,10H2,1H3. The minimum absolute atomic E-state index is 0.189. The van der Waals surface area contributed by atoms with E-state index in [1.807, 2.05) is 42.5 Å². The van der Waals surface area contributed by atoms with Crippen molar-refractivity contribution in [2.75, 3.05) is 7.11 Å². The summed E-state index contributed by atoms with van der Waals surface area (Å²) in [6, 6.07) is 15.0. The van der Waals surface area contributed by atoms with Crippen molar-refractivity contribution in [1.82, 2.24) is 0 Å². The van der Waals surface area contributed by atoms with Crippen LogP contribution in [0, 0.1) is 0 Å². The summed E-state index contributed by atoms with van der Waals surface area (Å²) < 4.78 is 4.79. The largest absolute Gasteiger partial charge is 0.465 e. The molecule has 0 unspecified atom stereocenters. The molecule has 0 aliphatic carbocycles. The highest BCUT2D eigenvalue weighted by atomic mass is 16.5. The molecule has 3 heteroatoms. The first-order valence-electron chi connectivity index (χ1n) is 5.64. The third-order valence-corrected chi connectivity index (χ3v) is 2.80. The van der Waals surface area contributed by atoms with Gasteiger partial charge in [0.25, 0.3) is 0 Å². The number of hydrogen-bond donors (Lipinski definition) is 1. The van der Waals surface area contributed by atoms with Gasteiger partial charge >= 0.3 is 5.97 Å². The van der Waals surface area contributed by atoms with E-state index in [1.54, 1.807) is 6.07 Å². The zero-order chi connectivity index (χ0) is 13.0. The van der Waals surface area contributed by atoms with E-state index >= 15 is 0 Å². The van der Waals surface area contributed by atoms with Gasteiger partial charge in [0.15, 0.2) is 0 Å². The fourth-order valence-electron chi connectivity index (χ4n) is 1.93. The predicted octanol–water partition coefficient (Wildman–Crippen LogP) is 2.63. The Morgan fingerprint density at radius 1 is 1.11 bits per heavy atom. The van der Waals surface area contributed by atoms with Gasteiger partial charge in [-0.15, -0.1) is 0 Å². The van der Waals surface area contributed by atoms with Crippen molar-refractivity contribution in [2.45, 2.75) is 6.61 Å². The smallest absolute Gasteiger partial charge is 0.338 e. The summed E-state index contributed by atoms with van der Waals surface area (Å²) in [5.74, 6) is -0.432. The molecule has 0 aliphatic heterocycles. The van der Waals surface area contributed by atoms with Crippen LogP contribution < -0.4 is 0 Å². The van der Waals surface area contributed by atoms with Crippen LogP contribution in [0.25, 0.3) is 11.1 Å². The Bertz CT molecular complexity index is 547. The fourth-order valence-corrected chi connectivity index (χ4v) is 1.93. The average Bonchev–Trinajstić information content (AvgIpc) is 2.46. The first-order chi connectivity index (χ1) is 8.77. The maximum atomic E-state index is 11.9. The molecule has 2 aromatic rings. The Morgan fingerprint density at radius 3 is 2.44 bits per heavy atom. The third kappa shape index (κ3) is 2.26. The van der Waals surface area contributed by atoms with Crippen LogP contribution in [0.1, 0.15) is 15.9 Å². The van der Waals surface area contributed by atoms with Crippen LogP contribution in [-0.4, -0.2) is 18.2 Å². The number of hydrogen-bond acceptors (Lipinski definition) is 3. The van der Waals surface area contributed by atoms with Crippen LogP contribution in [-0.2, 0) is 11.3 Å². The molecule has 2 aromatic carbocycles. The topological polar surface area (TPSA) is 46.5 Å². The molecule has 0 amide bonds. The quantitative estimate of drug-likeness (QED) is 0.841. The molecule has 0 saturated carbocycles. The predicted molar refractivity (Wildman–Crippen MR) is 69.1 cm³/mol. The molecular weight excluding hydrogens is 228 g/mol. The van der Waals surface area contributed by atoms with Crippen molar-refractivity contribution in [3.05, 3.63) is 59.7 Å². The van der Waals surface area contributed by atoms with Gasteiger partial charge in [-0.05, 0) is 16.7 Å². The summed E-state index contributed by atoms with van der Waals surface area (Å²) in [5, 5.41) is 9.33. The number of aliphatic hydroxyl groups is 1. The molecule has 0 radical (unpaired) electrons. The Hall–Kier alpha value is -2.13. The highest BCUT2D eigenvalue weighted by molar-refractivity contribution is 5.98. The number of rotatable bonds is 3. The molecule has 0 saturated heterocycles. The van der Waals surface area contributed by atoms with Crippen LogP contribution in [0.4, 0.5) is 0 Å². The number of ether oxygens (including phenoxy) is 1. The third-order valence-electron chi connectivity index (χ3n) is 2.80. The van der Waals surface area contributed by atoms with Crippen LogP contribution in [0.5, 0.6) is 0 Å². The van der Waals surface area contributed by atoms with Gasteiger partial charge in [-0.2, -0.15) is 0 Å². The number of aliphatic hydroxyl groups excluding tert-OH is 1. The van der Waals surface area contributed by atoms with E-state index in [4.69, 9.17) is 4.74 Å². The van der Waals surface area contributed by atoms with Gasteiger partial charge in [0, 0.05) is 0 Å². The molecule has 18 heavy (non-hydrogen) atoms. The molecule has 0 fully saturated rings. The van der Waals surface area contributed by atoms with E-state index in [0.29, 0.717) is 11.1 Å². The minimum atomic E-state index is -0.432. The van der Waals surface area contributed by atoms with Crippen LogP contribution >= 0.6 is 0 Å². The summed E-state index contributed by atoms with van der Waals surface area (Å²) >= 11 is 0. The molecule has 1 N–H and O–H groups in total. The van der Waals surface area contributed by atoms with E-state index in [0.717, 1.165) is 11.1 Å². The zero-order valence-electron chi connectivity index (χ0n) is 10.1. The molecule has 0 atom stereocenters. The van der Waals surface area contributed by atoms with Gasteiger partial charge in [0.1, 0.15) is 0 Å². The maximum Gasteiger partial charge on any atom is 0.338 e. The summed E-state index contributed by atoms with van der Waals surface area (Å²) in [6.07, 6.45) is 0. The number of esters is 1. The van der Waals surface area contributed by atoms with Crippen LogP contribution in [0.3, 0.4) is 0 Å². The highest BCUT2D eigenvalue weighted by Crippen LogP contribution is 2.27. The first-order valence-corrected chi connectivity index (χ1v) is 5.64. The van der Waals surface area contributed by atoms with Crippen molar-refractivity contribution in [3.63, 3.8) is 0 Å². The lowest BCUT2D eigenvalue weighted by Gasteiger charge is -2.11. The van der Waals surface area contributed by atoms with Crippen molar-refractivity contribution in [2.24, 2.45) is 0 Å². The number of benzene rings is 2. The average molecular weight is 242 g/mol. The molecular formula is C15H14O3. The summed E-state index contributed by atoms with van der Waals surface area (Å²) in [6.45, 7) is -0.189. The van der Waals surface area contributed by atoms with Crippen molar-refractivity contribution in [1.29, 1.82) is 0 Å². The Kier molecular flexibility index (Phi) is 3.75. The normalized spacial score (nSPS) is 10.1. The lowest BCUT2D eigenvalue weighted by atomic mass is 9.95. The Morgan fingerprint density at radius 2 is 1.83 bits per heavy atom.